The molecule has 0 radical (unpaired) electrons. The lowest BCUT2D eigenvalue weighted by atomic mass is 9.79. The normalized spacial score (nSPS) is 29.3. The van der Waals surface area contributed by atoms with Gasteiger partial charge in [-0.25, -0.2) is 4.79 Å². The van der Waals surface area contributed by atoms with Crippen molar-refractivity contribution < 1.29 is 22.1 Å². The lowest BCUT2D eigenvalue weighted by Crippen LogP contribution is -2.50. The number of carbonyl (C=O) groups is 1. The van der Waals surface area contributed by atoms with Crippen LogP contribution in [0.3, 0.4) is 0 Å². The molecule has 1 aliphatic carbocycles. The standard InChI is InChI=1S/C17H31NO5S/c1-17(2,3)22-16(19)18-12-6-5-7-15(18)13-8-10-14(11-9-13)23-24(4,20)21/h13-15H,5-12H2,1-4H3/t13?,14?,15-/m0/s1. The minimum absolute atomic E-state index is 0.202. The lowest BCUT2D eigenvalue weighted by molar-refractivity contribution is -0.00509. The van der Waals surface area contributed by atoms with Gasteiger partial charge in [0, 0.05) is 12.6 Å². The molecule has 140 valence electrons. The third kappa shape index (κ3) is 5.92. The van der Waals surface area contributed by atoms with Gasteiger partial charge < -0.3 is 9.64 Å². The summed E-state index contributed by atoms with van der Waals surface area (Å²) in [6.07, 6.45) is 7.07. The lowest BCUT2D eigenvalue weighted by Gasteiger charge is -2.42. The molecule has 0 aromatic carbocycles. The molecular formula is C17H31NO5S. The molecule has 1 atom stereocenters. The zero-order chi connectivity index (χ0) is 18.0. The Morgan fingerprint density at radius 3 is 2.21 bits per heavy atom. The van der Waals surface area contributed by atoms with Crippen LogP contribution in [0.2, 0.25) is 0 Å². The van der Waals surface area contributed by atoms with Crippen molar-refractivity contribution in [2.24, 2.45) is 5.92 Å². The van der Waals surface area contributed by atoms with Gasteiger partial charge in [0.05, 0.1) is 12.4 Å². The Bertz CT molecular complexity index is 532. The number of hydrogen-bond acceptors (Lipinski definition) is 5. The zero-order valence-electron chi connectivity index (χ0n) is 15.3. The second-order valence-electron chi connectivity index (χ2n) is 8.07. The van der Waals surface area contributed by atoms with Gasteiger partial charge in [0.2, 0.25) is 0 Å². The number of hydrogen-bond donors (Lipinski definition) is 0. The van der Waals surface area contributed by atoms with Crippen molar-refractivity contribution in [2.45, 2.75) is 83.5 Å². The fraction of sp³-hybridized carbons (Fsp3) is 0.941. The number of ether oxygens (including phenoxy) is 1. The van der Waals surface area contributed by atoms with Crippen LogP contribution in [0.5, 0.6) is 0 Å². The largest absolute Gasteiger partial charge is 0.444 e. The van der Waals surface area contributed by atoms with E-state index in [4.69, 9.17) is 8.92 Å². The molecule has 6 nitrogen and oxygen atoms in total. The molecule has 0 aromatic heterocycles. The molecule has 24 heavy (non-hydrogen) atoms. The van der Waals surface area contributed by atoms with Gasteiger partial charge in [-0.15, -0.1) is 0 Å². The van der Waals surface area contributed by atoms with Crippen molar-refractivity contribution >= 4 is 16.2 Å². The van der Waals surface area contributed by atoms with Crippen LogP contribution >= 0.6 is 0 Å². The van der Waals surface area contributed by atoms with Crippen molar-refractivity contribution in [1.29, 1.82) is 0 Å². The summed E-state index contributed by atoms with van der Waals surface area (Å²) < 4.78 is 33.2. The molecule has 1 amide bonds. The van der Waals surface area contributed by atoms with Crippen LogP contribution < -0.4 is 0 Å². The van der Waals surface area contributed by atoms with E-state index < -0.39 is 15.7 Å². The number of amides is 1. The second-order valence-corrected chi connectivity index (χ2v) is 9.67. The Kier molecular flexibility index (Phi) is 6.18. The highest BCUT2D eigenvalue weighted by Gasteiger charge is 2.37. The van der Waals surface area contributed by atoms with E-state index in [2.05, 4.69) is 0 Å². The minimum Gasteiger partial charge on any atom is -0.444 e. The Balaban J connectivity index is 1.95. The molecule has 1 heterocycles. The van der Waals surface area contributed by atoms with Gasteiger partial charge in [-0.2, -0.15) is 8.42 Å². The number of piperidine rings is 1. The molecule has 0 N–H and O–H groups in total. The third-order valence-corrected chi connectivity index (χ3v) is 5.37. The number of nitrogens with zero attached hydrogens (tertiary/aromatic N) is 1. The van der Waals surface area contributed by atoms with E-state index in [0.29, 0.717) is 5.92 Å². The molecule has 1 saturated heterocycles. The smallest absolute Gasteiger partial charge is 0.410 e. The molecule has 7 heteroatoms. The fourth-order valence-corrected chi connectivity index (χ4v) is 4.50. The van der Waals surface area contributed by atoms with Crippen molar-refractivity contribution in [1.82, 2.24) is 4.90 Å². The van der Waals surface area contributed by atoms with Gasteiger partial charge in [0.1, 0.15) is 5.60 Å². The summed E-state index contributed by atoms with van der Waals surface area (Å²) in [4.78, 5) is 14.4. The number of likely N-dealkylation sites (tertiary alicyclic amines) is 1. The summed E-state index contributed by atoms with van der Waals surface area (Å²) in [5.41, 5.74) is -0.486. The molecule has 2 rings (SSSR count). The fourth-order valence-electron chi connectivity index (χ4n) is 3.81. The van der Waals surface area contributed by atoms with Gasteiger partial charge in [0.25, 0.3) is 10.1 Å². The molecular weight excluding hydrogens is 330 g/mol. The van der Waals surface area contributed by atoms with Crippen molar-refractivity contribution in [3.63, 3.8) is 0 Å². The maximum absolute atomic E-state index is 12.5. The van der Waals surface area contributed by atoms with Crippen LogP contribution in [0.1, 0.15) is 65.7 Å². The van der Waals surface area contributed by atoms with E-state index in [-0.39, 0.29) is 18.2 Å². The van der Waals surface area contributed by atoms with Crippen molar-refractivity contribution in [2.75, 3.05) is 12.8 Å². The summed E-state index contributed by atoms with van der Waals surface area (Å²) in [6, 6.07) is 0.202. The average molecular weight is 362 g/mol. The molecule has 2 aliphatic rings. The zero-order valence-corrected chi connectivity index (χ0v) is 16.1. The Hall–Kier alpha value is -0.820. The topological polar surface area (TPSA) is 72.9 Å². The first-order valence-electron chi connectivity index (χ1n) is 8.93. The van der Waals surface area contributed by atoms with E-state index in [1.165, 1.54) is 0 Å². The maximum atomic E-state index is 12.5. The van der Waals surface area contributed by atoms with Crippen LogP contribution in [0.25, 0.3) is 0 Å². The first-order chi connectivity index (χ1) is 11.1. The predicted octanol–water partition coefficient (Wildman–Crippen LogP) is 3.31. The second kappa shape index (κ2) is 7.60. The molecule has 0 unspecified atom stereocenters. The first-order valence-corrected chi connectivity index (χ1v) is 10.7. The molecule has 1 saturated carbocycles. The summed E-state index contributed by atoms with van der Waals surface area (Å²) in [5.74, 6) is 0.400. The van der Waals surface area contributed by atoms with Crippen LogP contribution in [0.15, 0.2) is 0 Å². The van der Waals surface area contributed by atoms with Gasteiger partial charge >= 0.3 is 6.09 Å². The van der Waals surface area contributed by atoms with Crippen LogP contribution in [0.4, 0.5) is 4.79 Å². The predicted molar refractivity (Wildman–Crippen MR) is 92.3 cm³/mol. The van der Waals surface area contributed by atoms with Gasteiger partial charge in [-0.3, -0.25) is 4.18 Å². The third-order valence-electron chi connectivity index (χ3n) is 4.75. The molecule has 0 aromatic rings. The Morgan fingerprint density at radius 2 is 1.67 bits per heavy atom. The summed E-state index contributed by atoms with van der Waals surface area (Å²) in [7, 11) is -3.40. The molecule has 1 aliphatic heterocycles. The highest BCUT2D eigenvalue weighted by atomic mass is 32.2. The van der Waals surface area contributed by atoms with E-state index in [0.717, 1.165) is 57.7 Å². The average Bonchev–Trinajstić information content (AvgIpc) is 2.44. The van der Waals surface area contributed by atoms with E-state index in [9.17, 15) is 13.2 Å². The summed E-state index contributed by atoms with van der Waals surface area (Å²) >= 11 is 0. The minimum atomic E-state index is -3.40. The van der Waals surface area contributed by atoms with Crippen LogP contribution in [0, 0.1) is 5.92 Å². The highest BCUT2D eigenvalue weighted by molar-refractivity contribution is 7.86. The monoisotopic (exact) mass is 361 g/mol. The van der Waals surface area contributed by atoms with Gasteiger partial charge in [-0.05, 0) is 71.6 Å². The van der Waals surface area contributed by atoms with E-state index in [1.54, 1.807) is 0 Å². The Morgan fingerprint density at radius 1 is 1.04 bits per heavy atom. The molecule has 2 fully saturated rings. The Labute approximate surface area is 146 Å². The highest BCUT2D eigenvalue weighted by Crippen LogP contribution is 2.35. The summed E-state index contributed by atoms with van der Waals surface area (Å²) in [5, 5.41) is 0. The van der Waals surface area contributed by atoms with Crippen LogP contribution in [-0.2, 0) is 19.0 Å². The van der Waals surface area contributed by atoms with E-state index in [1.807, 2.05) is 25.7 Å². The van der Waals surface area contributed by atoms with E-state index >= 15 is 0 Å². The maximum Gasteiger partial charge on any atom is 0.410 e. The quantitative estimate of drug-likeness (QED) is 0.721. The molecule has 0 spiro atoms. The first kappa shape index (κ1) is 19.5. The SMILES string of the molecule is CC(C)(C)OC(=O)N1CCCC[C@H]1C1CCC(OS(C)(=O)=O)CC1. The number of rotatable bonds is 3. The van der Waals surface area contributed by atoms with Crippen LogP contribution in [-0.4, -0.2) is 50.0 Å². The summed E-state index contributed by atoms with van der Waals surface area (Å²) in [6.45, 7) is 6.41. The van der Waals surface area contributed by atoms with Gasteiger partial charge in [0.15, 0.2) is 0 Å². The molecule has 0 bridgehead atoms. The van der Waals surface area contributed by atoms with Crippen molar-refractivity contribution in [3.8, 4) is 0 Å². The van der Waals surface area contributed by atoms with Crippen molar-refractivity contribution in [3.05, 3.63) is 0 Å². The van der Waals surface area contributed by atoms with Gasteiger partial charge in [-0.1, -0.05) is 0 Å². The number of carbonyl (C=O) groups excluding carboxylic acids is 1.